The molecule has 0 fully saturated rings. The van der Waals surface area contributed by atoms with Gasteiger partial charge in [-0.2, -0.15) is 0 Å². The molecule has 0 unspecified atom stereocenters. The summed E-state index contributed by atoms with van der Waals surface area (Å²) in [6.07, 6.45) is 0. The van der Waals surface area contributed by atoms with Gasteiger partial charge in [-0.25, -0.2) is 0 Å². The molecule has 3 rings (SSSR count). The molecular weight excluding hydrogens is 302 g/mol. The molecule has 7 heteroatoms. The molecule has 0 aliphatic heterocycles. The lowest BCUT2D eigenvalue weighted by atomic mass is 10.2. The van der Waals surface area contributed by atoms with E-state index < -0.39 is 0 Å². The van der Waals surface area contributed by atoms with E-state index in [1.165, 1.54) is 0 Å². The minimum absolute atomic E-state index is 0.369. The van der Waals surface area contributed by atoms with Crippen molar-refractivity contribution in [1.82, 2.24) is 10.2 Å². The summed E-state index contributed by atoms with van der Waals surface area (Å²) in [6.45, 7) is 0.493. The lowest BCUT2D eigenvalue weighted by molar-refractivity contribution is 0.352. The molecule has 0 aliphatic carbocycles. The van der Waals surface area contributed by atoms with Crippen molar-refractivity contribution in [3.8, 4) is 22.3 Å². The van der Waals surface area contributed by atoms with E-state index in [0.717, 1.165) is 10.4 Å². The van der Waals surface area contributed by atoms with Crippen LogP contribution in [0.25, 0.3) is 10.8 Å². The molecule has 1 N–H and O–H groups in total. The van der Waals surface area contributed by atoms with Crippen LogP contribution in [0.5, 0.6) is 11.5 Å². The summed E-state index contributed by atoms with van der Waals surface area (Å²) in [7, 11) is 3.23. The number of thiophene rings is 1. The van der Waals surface area contributed by atoms with Gasteiger partial charge in [0, 0.05) is 12.1 Å². The van der Waals surface area contributed by atoms with Crippen LogP contribution in [0.2, 0.25) is 0 Å². The van der Waals surface area contributed by atoms with Crippen LogP contribution in [0.1, 0.15) is 5.56 Å². The van der Waals surface area contributed by atoms with Gasteiger partial charge in [0.25, 0.3) is 5.89 Å². The SMILES string of the molecule is COc1cccc(CNc2nnc(-c3cccs3)o2)c1OC. The molecule has 0 bridgehead atoms. The Balaban J connectivity index is 1.73. The second-order valence-corrected chi connectivity index (χ2v) is 5.34. The van der Waals surface area contributed by atoms with Crippen LogP contribution in [-0.2, 0) is 6.54 Å². The summed E-state index contributed by atoms with van der Waals surface area (Å²) in [5.74, 6) is 1.89. The van der Waals surface area contributed by atoms with Crippen LogP contribution in [0.3, 0.4) is 0 Å². The number of nitrogens with zero attached hydrogens (tertiary/aromatic N) is 2. The van der Waals surface area contributed by atoms with Crippen LogP contribution in [0.4, 0.5) is 6.01 Å². The van der Waals surface area contributed by atoms with Crippen molar-refractivity contribution in [2.24, 2.45) is 0 Å². The topological polar surface area (TPSA) is 69.4 Å². The predicted molar refractivity (Wildman–Crippen MR) is 84.5 cm³/mol. The van der Waals surface area contributed by atoms with E-state index in [-0.39, 0.29) is 0 Å². The highest BCUT2D eigenvalue weighted by atomic mass is 32.1. The van der Waals surface area contributed by atoms with Gasteiger partial charge >= 0.3 is 6.01 Å². The number of hydrogen-bond acceptors (Lipinski definition) is 7. The Bertz CT molecular complexity index is 740. The fourth-order valence-electron chi connectivity index (χ4n) is 2.06. The molecule has 0 atom stereocenters. The number of anilines is 1. The Kier molecular flexibility index (Phi) is 4.24. The monoisotopic (exact) mass is 317 g/mol. The molecule has 0 radical (unpaired) electrons. The van der Waals surface area contributed by atoms with E-state index in [9.17, 15) is 0 Å². The van der Waals surface area contributed by atoms with Gasteiger partial charge in [-0.1, -0.05) is 23.3 Å². The van der Waals surface area contributed by atoms with Crippen molar-refractivity contribution in [2.75, 3.05) is 19.5 Å². The number of para-hydroxylation sites is 1. The number of aromatic nitrogens is 2. The summed E-state index contributed by atoms with van der Waals surface area (Å²) in [5, 5.41) is 13.1. The molecular formula is C15H15N3O3S. The third-order valence-electron chi connectivity index (χ3n) is 3.07. The second-order valence-electron chi connectivity index (χ2n) is 4.40. The number of methoxy groups -OCH3 is 2. The first kappa shape index (κ1) is 14.4. The van der Waals surface area contributed by atoms with E-state index >= 15 is 0 Å². The van der Waals surface area contributed by atoms with Crippen LogP contribution in [-0.4, -0.2) is 24.4 Å². The number of benzene rings is 1. The molecule has 0 spiro atoms. The van der Waals surface area contributed by atoms with Crippen molar-refractivity contribution >= 4 is 17.4 Å². The molecule has 114 valence electrons. The van der Waals surface area contributed by atoms with E-state index in [0.29, 0.717) is 29.9 Å². The maximum Gasteiger partial charge on any atom is 0.316 e. The average Bonchev–Trinajstić information content (AvgIpc) is 3.23. The molecule has 2 aromatic heterocycles. The first-order valence-corrected chi connectivity index (χ1v) is 7.51. The minimum atomic E-state index is 0.369. The van der Waals surface area contributed by atoms with Crippen molar-refractivity contribution in [1.29, 1.82) is 0 Å². The van der Waals surface area contributed by atoms with Crippen molar-refractivity contribution < 1.29 is 13.9 Å². The third kappa shape index (κ3) is 2.89. The lowest BCUT2D eigenvalue weighted by Gasteiger charge is -2.12. The van der Waals surface area contributed by atoms with Crippen LogP contribution in [0.15, 0.2) is 40.1 Å². The fraction of sp³-hybridized carbons (Fsp3) is 0.200. The summed E-state index contributed by atoms with van der Waals surface area (Å²) >= 11 is 1.55. The largest absolute Gasteiger partial charge is 0.493 e. The maximum absolute atomic E-state index is 5.58. The fourth-order valence-corrected chi connectivity index (χ4v) is 2.70. The number of rotatable bonds is 6. The summed E-state index contributed by atoms with van der Waals surface area (Å²) in [4.78, 5) is 0.944. The van der Waals surface area contributed by atoms with Crippen LogP contribution < -0.4 is 14.8 Å². The van der Waals surface area contributed by atoms with Gasteiger partial charge in [-0.15, -0.1) is 16.4 Å². The zero-order valence-corrected chi connectivity index (χ0v) is 13.0. The van der Waals surface area contributed by atoms with Crippen molar-refractivity contribution in [3.05, 3.63) is 41.3 Å². The zero-order chi connectivity index (χ0) is 15.4. The molecule has 0 aliphatic rings. The Morgan fingerprint density at radius 2 is 2.05 bits per heavy atom. The Morgan fingerprint density at radius 3 is 2.77 bits per heavy atom. The van der Waals surface area contributed by atoms with Gasteiger partial charge in [0.15, 0.2) is 11.5 Å². The first-order valence-electron chi connectivity index (χ1n) is 6.63. The Morgan fingerprint density at radius 1 is 1.14 bits per heavy atom. The van der Waals surface area contributed by atoms with E-state index in [1.807, 2.05) is 35.7 Å². The van der Waals surface area contributed by atoms with E-state index in [2.05, 4.69) is 15.5 Å². The van der Waals surface area contributed by atoms with E-state index in [4.69, 9.17) is 13.9 Å². The smallest absolute Gasteiger partial charge is 0.316 e. The first-order chi connectivity index (χ1) is 10.8. The quantitative estimate of drug-likeness (QED) is 0.751. The Labute approximate surface area is 131 Å². The molecule has 0 saturated carbocycles. The van der Waals surface area contributed by atoms with Crippen LogP contribution >= 0.6 is 11.3 Å². The van der Waals surface area contributed by atoms with Gasteiger partial charge in [-0.05, 0) is 17.5 Å². The normalized spacial score (nSPS) is 10.5. The molecule has 0 amide bonds. The molecule has 3 aromatic rings. The second kappa shape index (κ2) is 6.48. The number of nitrogens with one attached hydrogen (secondary N) is 1. The highest BCUT2D eigenvalue weighted by molar-refractivity contribution is 7.13. The molecule has 2 heterocycles. The van der Waals surface area contributed by atoms with Crippen LogP contribution in [0, 0.1) is 0 Å². The lowest BCUT2D eigenvalue weighted by Crippen LogP contribution is -2.03. The highest BCUT2D eigenvalue weighted by Crippen LogP contribution is 2.31. The summed E-state index contributed by atoms with van der Waals surface area (Å²) < 4.78 is 16.3. The molecule has 22 heavy (non-hydrogen) atoms. The third-order valence-corrected chi connectivity index (χ3v) is 3.93. The van der Waals surface area contributed by atoms with Gasteiger partial charge in [0.2, 0.25) is 0 Å². The molecule has 0 saturated heterocycles. The Hall–Kier alpha value is -2.54. The minimum Gasteiger partial charge on any atom is -0.493 e. The van der Waals surface area contributed by atoms with Gasteiger partial charge in [0.1, 0.15) is 0 Å². The average molecular weight is 317 g/mol. The highest BCUT2D eigenvalue weighted by Gasteiger charge is 2.12. The number of ether oxygens (including phenoxy) is 2. The maximum atomic E-state index is 5.58. The van der Waals surface area contributed by atoms with Gasteiger partial charge < -0.3 is 19.2 Å². The van der Waals surface area contributed by atoms with Gasteiger partial charge in [0.05, 0.1) is 19.1 Å². The standard InChI is InChI=1S/C15H15N3O3S/c1-19-11-6-3-5-10(13(11)20-2)9-16-15-18-17-14(21-15)12-7-4-8-22-12/h3-8H,9H2,1-2H3,(H,16,18). The van der Waals surface area contributed by atoms with E-state index in [1.54, 1.807) is 25.6 Å². The van der Waals surface area contributed by atoms with Gasteiger partial charge in [-0.3, -0.25) is 0 Å². The summed E-state index contributed by atoms with van der Waals surface area (Å²) in [6, 6.07) is 9.96. The predicted octanol–water partition coefficient (Wildman–Crippen LogP) is 3.43. The number of hydrogen-bond donors (Lipinski definition) is 1. The zero-order valence-electron chi connectivity index (χ0n) is 12.2. The molecule has 1 aromatic carbocycles. The molecule has 6 nitrogen and oxygen atoms in total. The van der Waals surface area contributed by atoms with Crippen molar-refractivity contribution in [3.63, 3.8) is 0 Å². The summed E-state index contributed by atoms with van der Waals surface area (Å²) in [5.41, 5.74) is 0.942. The van der Waals surface area contributed by atoms with Crippen molar-refractivity contribution in [2.45, 2.75) is 6.54 Å².